The number of benzene rings is 7. The largest absolute Gasteiger partial charge is 0.328 e. The highest BCUT2D eigenvalue weighted by molar-refractivity contribution is 6.14. The van der Waals surface area contributed by atoms with Gasteiger partial charge in [0.25, 0.3) is 6.33 Å². The third kappa shape index (κ3) is 6.49. The van der Waals surface area contributed by atoms with Gasteiger partial charge >= 0.3 is 0 Å². The van der Waals surface area contributed by atoms with Gasteiger partial charge in [0.05, 0.1) is 22.1 Å². The van der Waals surface area contributed by atoms with E-state index in [1.54, 1.807) is 0 Å². The van der Waals surface area contributed by atoms with Crippen molar-refractivity contribution in [2.24, 2.45) is 0 Å². The van der Waals surface area contributed by atoms with Gasteiger partial charge in [-0.3, -0.25) is 9.36 Å². The van der Waals surface area contributed by atoms with Crippen LogP contribution in [-0.4, -0.2) is 29.5 Å². The Kier molecular flexibility index (Phi) is 9.02. The van der Waals surface area contributed by atoms with Gasteiger partial charge in [-0.05, 0) is 71.3 Å². The molecule has 1 aliphatic heterocycles. The molecule has 0 unspecified atom stereocenters. The van der Waals surface area contributed by atoms with Crippen LogP contribution in [0.25, 0.3) is 83.3 Å². The standard InChI is InChI=1S/C58H47N6O/c1-58(2,3)42-29-30-59-55(34-42)64-49-25-11-10-22-46(49)47-28-27-41(33-50(47)64)57(65)40-20-14-21-43(32-40)62-37-63(53-36-51-48(35-52(53)62)60-54-26-12-13-31-61(51)54)56-44(38-16-6-4-7-17-38)23-15-24-45(56)39-18-8-5-9-19-39/h4-11,14-25,27-30,32-37H,12-13,26,31H2,1-3H3/q+1. The van der Waals surface area contributed by atoms with Crippen molar-refractivity contribution in [1.82, 2.24) is 23.7 Å². The molecule has 0 atom stereocenters. The highest BCUT2D eigenvalue weighted by atomic mass is 16.1. The molecular weight excluding hydrogens is 797 g/mol. The normalized spacial score (nSPS) is 13.0. The van der Waals surface area contributed by atoms with Crippen LogP contribution in [0.15, 0.2) is 182 Å². The first-order valence-corrected chi connectivity index (χ1v) is 22.6. The molecule has 4 aromatic heterocycles. The van der Waals surface area contributed by atoms with E-state index in [1.165, 1.54) is 5.56 Å². The third-order valence-corrected chi connectivity index (χ3v) is 13.3. The van der Waals surface area contributed by atoms with E-state index in [0.29, 0.717) is 11.1 Å². The molecule has 12 rings (SSSR count). The van der Waals surface area contributed by atoms with Crippen molar-refractivity contribution in [2.45, 2.75) is 52.0 Å². The number of ketones is 1. The number of nitrogens with zero attached hydrogens (tertiary/aromatic N) is 6. The monoisotopic (exact) mass is 843 g/mol. The average Bonchev–Trinajstić information content (AvgIpc) is 4.02. The Morgan fingerprint density at radius 1 is 0.615 bits per heavy atom. The fraction of sp³-hybridized carbons (Fsp3) is 0.138. The lowest BCUT2D eigenvalue weighted by molar-refractivity contribution is -0.566. The second-order valence-electron chi connectivity index (χ2n) is 18.4. The molecule has 7 aromatic carbocycles. The first-order valence-electron chi connectivity index (χ1n) is 22.6. The molecule has 0 spiro atoms. The van der Waals surface area contributed by atoms with Gasteiger partial charge in [-0.1, -0.05) is 142 Å². The third-order valence-electron chi connectivity index (χ3n) is 13.3. The van der Waals surface area contributed by atoms with Gasteiger partial charge in [0.2, 0.25) is 0 Å². The maximum absolute atomic E-state index is 14.9. The van der Waals surface area contributed by atoms with Crippen LogP contribution < -0.4 is 4.57 Å². The topological polar surface area (TPSA) is 61.5 Å². The minimum atomic E-state index is -0.0492. The van der Waals surface area contributed by atoms with Crippen molar-refractivity contribution in [2.75, 3.05) is 0 Å². The van der Waals surface area contributed by atoms with Crippen LogP contribution in [0.1, 0.15) is 60.9 Å². The summed E-state index contributed by atoms with van der Waals surface area (Å²) in [5.41, 5.74) is 15.1. The fourth-order valence-corrected chi connectivity index (χ4v) is 10.0. The van der Waals surface area contributed by atoms with Crippen LogP contribution in [-0.2, 0) is 18.4 Å². The Balaban J connectivity index is 1.04. The van der Waals surface area contributed by atoms with E-state index >= 15 is 0 Å². The van der Waals surface area contributed by atoms with Gasteiger partial charge in [0.1, 0.15) is 23.0 Å². The Labute approximate surface area is 377 Å². The molecular formula is C58H47N6O+. The number of hydrogen-bond donors (Lipinski definition) is 0. The van der Waals surface area contributed by atoms with Gasteiger partial charge < -0.3 is 4.57 Å². The Bertz CT molecular complexity index is 3600. The Hall–Kier alpha value is -7.90. The van der Waals surface area contributed by atoms with Crippen LogP contribution in [0.4, 0.5) is 0 Å². The van der Waals surface area contributed by atoms with Crippen molar-refractivity contribution < 1.29 is 9.36 Å². The average molecular weight is 844 g/mol. The highest BCUT2D eigenvalue weighted by Gasteiger charge is 2.28. The summed E-state index contributed by atoms with van der Waals surface area (Å²) in [5, 5.41) is 2.20. The number of fused-ring (bicyclic) bond motifs is 7. The molecule has 314 valence electrons. The number of aromatic nitrogens is 6. The van der Waals surface area contributed by atoms with E-state index in [9.17, 15) is 4.79 Å². The van der Waals surface area contributed by atoms with Crippen LogP contribution in [0, 0.1) is 0 Å². The van der Waals surface area contributed by atoms with E-state index in [-0.39, 0.29) is 11.2 Å². The van der Waals surface area contributed by atoms with Crippen molar-refractivity contribution >= 4 is 49.7 Å². The first kappa shape index (κ1) is 38.7. The number of para-hydroxylation sites is 2. The van der Waals surface area contributed by atoms with E-state index in [2.05, 4.69) is 185 Å². The quantitative estimate of drug-likeness (QED) is 0.119. The summed E-state index contributed by atoms with van der Waals surface area (Å²) in [7, 11) is 0. The molecule has 1 aliphatic rings. The van der Waals surface area contributed by atoms with Crippen molar-refractivity contribution in [3.8, 4) is 39.4 Å². The van der Waals surface area contributed by atoms with Crippen molar-refractivity contribution in [1.29, 1.82) is 0 Å². The summed E-state index contributed by atoms with van der Waals surface area (Å²) < 4.78 is 9.19. The molecule has 65 heavy (non-hydrogen) atoms. The van der Waals surface area contributed by atoms with Crippen molar-refractivity contribution in [3.63, 3.8) is 0 Å². The number of aryl methyl sites for hydroxylation is 2. The zero-order valence-corrected chi connectivity index (χ0v) is 36.7. The zero-order chi connectivity index (χ0) is 43.8. The van der Waals surface area contributed by atoms with E-state index in [0.717, 1.165) is 115 Å². The number of rotatable bonds is 7. The van der Waals surface area contributed by atoms with E-state index in [4.69, 9.17) is 9.97 Å². The maximum atomic E-state index is 14.9. The highest BCUT2D eigenvalue weighted by Crippen LogP contribution is 2.37. The second-order valence-corrected chi connectivity index (χ2v) is 18.4. The predicted octanol–water partition coefficient (Wildman–Crippen LogP) is 12.9. The summed E-state index contributed by atoms with van der Waals surface area (Å²) in [4.78, 5) is 24.9. The minimum absolute atomic E-state index is 0.0451. The molecule has 0 radical (unpaired) electrons. The van der Waals surface area contributed by atoms with Crippen LogP contribution >= 0.6 is 0 Å². The van der Waals surface area contributed by atoms with E-state index in [1.807, 2.05) is 36.5 Å². The summed E-state index contributed by atoms with van der Waals surface area (Å²) in [6.07, 6.45) is 7.35. The van der Waals surface area contributed by atoms with Gasteiger partial charge in [-0.15, -0.1) is 0 Å². The van der Waals surface area contributed by atoms with E-state index < -0.39 is 0 Å². The second kappa shape index (κ2) is 15.1. The Morgan fingerprint density at radius 3 is 2.09 bits per heavy atom. The molecule has 5 heterocycles. The Morgan fingerprint density at radius 2 is 1.32 bits per heavy atom. The lowest BCUT2D eigenvalue weighted by Crippen LogP contribution is -2.31. The first-order chi connectivity index (χ1) is 31.8. The zero-order valence-electron chi connectivity index (χ0n) is 36.7. The molecule has 0 saturated carbocycles. The smallest absolute Gasteiger partial charge is 0.255 e. The number of pyridine rings is 1. The lowest BCUT2D eigenvalue weighted by atomic mass is 9.88. The maximum Gasteiger partial charge on any atom is 0.255 e. The molecule has 7 heteroatoms. The van der Waals surface area contributed by atoms with Gasteiger partial charge in [-0.2, -0.15) is 9.13 Å². The summed E-state index contributed by atoms with van der Waals surface area (Å²) in [6, 6.07) is 59.3. The minimum Gasteiger partial charge on any atom is -0.328 e. The molecule has 0 aliphatic carbocycles. The van der Waals surface area contributed by atoms with Crippen LogP contribution in [0.5, 0.6) is 0 Å². The van der Waals surface area contributed by atoms with Crippen molar-refractivity contribution in [3.05, 3.63) is 205 Å². The summed E-state index contributed by atoms with van der Waals surface area (Å²) in [5.74, 6) is 1.93. The molecule has 0 saturated heterocycles. The van der Waals surface area contributed by atoms with Gasteiger partial charge in [0, 0.05) is 64.3 Å². The van der Waals surface area contributed by atoms with Gasteiger partial charge in [0.15, 0.2) is 16.8 Å². The lowest BCUT2D eigenvalue weighted by Gasteiger charge is -2.20. The van der Waals surface area contributed by atoms with Crippen LogP contribution in [0.3, 0.4) is 0 Å². The molecule has 0 N–H and O–H groups in total. The number of hydrogen-bond acceptors (Lipinski definition) is 3. The number of imidazole rings is 2. The predicted molar refractivity (Wildman–Crippen MR) is 263 cm³/mol. The molecule has 0 amide bonds. The SMILES string of the molecule is CC(C)(C)c1ccnc(-n2c3ccccc3c3ccc(C(=O)c4cccc(-n5c[n+](-c6c(-c7ccccc7)cccc6-c6ccccc6)c6cc7c(cc65)nc5n7CCCC5)c4)cc32)c1. The number of carbonyl (C=O) groups is 1. The summed E-state index contributed by atoms with van der Waals surface area (Å²) in [6.45, 7) is 7.62. The molecule has 11 aromatic rings. The molecule has 7 nitrogen and oxygen atoms in total. The molecule has 0 fully saturated rings. The molecule has 0 bridgehead atoms. The number of carbonyl (C=O) groups excluding carboxylic acids is 1. The van der Waals surface area contributed by atoms with Crippen LogP contribution in [0.2, 0.25) is 0 Å². The van der Waals surface area contributed by atoms with Gasteiger partial charge in [-0.25, -0.2) is 9.97 Å². The summed E-state index contributed by atoms with van der Waals surface area (Å²) >= 11 is 0. The fourth-order valence-electron chi connectivity index (χ4n) is 10.0.